The lowest BCUT2D eigenvalue weighted by Crippen LogP contribution is -2.28. The van der Waals surface area contributed by atoms with E-state index in [0.717, 1.165) is 24.4 Å². The zero-order valence-corrected chi connectivity index (χ0v) is 16.9. The van der Waals surface area contributed by atoms with Crippen molar-refractivity contribution in [1.29, 1.82) is 0 Å². The second-order valence-corrected chi connectivity index (χ2v) is 7.31. The van der Waals surface area contributed by atoms with Gasteiger partial charge in [-0.25, -0.2) is 0 Å². The number of carbonyl (C=O) groups is 2. The van der Waals surface area contributed by atoms with Gasteiger partial charge in [0.2, 0.25) is 0 Å². The first-order chi connectivity index (χ1) is 13.2. The van der Waals surface area contributed by atoms with Crippen LogP contribution in [0, 0.1) is 32.1 Å². The first-order valence-corrected chi connectivity index (χ1v) is 9.36. The fraction of sp³-hybridized carbons (Fsp3) is 0.409. The fourth-order valence-electron chi connectivity index (χ4n) is 3.08. The molecule has 0 aliphatic heterocycles. The third kappa shape index (κ3) is 5.01. The predicted molar refractivity (Wildman–Crippen MR) is 110 cm³/mol. The quantitative estimate of drug-likeness (QED) is 0.564. The van der Waals surface area contributed by atoms with Gasteiger partial charge in [-0.1, -0.05) is 19.8 Å². The van der Waals surface area contributed by atoms with Gasteiger partial charge in [-0.2, -0.15) is 0 Å². The van der Waals surface area contributed by atoms with Gasteiger partial charge in [-0.15, -0.1) is 6.42 Å². The van der Waals surface area contributed by atoms with Crippen LogP contribution in [0.25, 0.3) is 0 Å². The lowest BCUT2D eigenvalue weighted by molar-refractivity contribution is 0.0947. The molecule has 28 heavy (non-hydrogen) atoms. The summed E-state index contributed by atoms with van der Waals surface area (Å²) in [5, 5.41) is 2.54. The van der Waals surface area contributed by atoms with E-state index in [1.54, 1.807) is 0 Å². The van der Waals surface area contributed by atoms with E-state index >= 15 is 0 Å². The molecule has 0 atom stereocenters. The number of amides is 1. The molecule has 2 rings (SSSR count). The molecule has 1 amide bonds. The van der Waals surface area contributed by atoms with Gasteiger partial charge < -0.3 is 14.5 Å². The van der Waals surface area contributed by atoms with Crippen LogP contribution in [0.2, 0.25) is 0 Å². The van der Waals surface area contributed by atoms with Gasteiger partial charge in [0, 0.05) is 35.8 Å². The fourth-order valence-corrected chi connectivity index (χ4v) is 3.08. The maximum Gasteiger partial charge on any atom is 0.253 e. The van der Waals surface area contributed by atoms with Crippen LogP contribution in [0.1, 0.15) is 52.4 Å². The molecule has 2 aromatic rings. The van der Waals surface area contributed by atoms with Gasteiger partial charge in [0.1, 0.15) is 0 Å². The van der Waals surface area contributed by atoms with E-state index in [1.165, 1.54) is 22.9 Å². The summed E-state index contributed by atoms with van der Waals surface area (Å²) in [4.78, 5) is 37.0. The van der Waals surface area contributed by atoms with Crippen molar-refractivity contribution in [1.82, 2.24) is 14.5 Å². The highest BCUT2D eigenvalue weighted by molar-refractivity contribution is 5.97. The third-order valence-corrected chi connectivity index (χ3v) is 4.71. The predicted octanol–water partition coefficient (Wildman–Crippen LogP) is 2.56. The van der Waals surface area contributed by atoms with E-state index in [2.05, 4.69) is 29.7 Å². The van der Waals surface area contributed by atoms with Gasteiger partial charge in [0.15, 0.2) is 5.78 Å². The number of aryl methyl sites for hydroxylation is 1. The number of aromatic nitrogens is 2. The van der Waals surface area contributed by atoms with Gasteiger partial charge >= 0.3 is 0 Å². The molecule has 0 bridgehead atoms. The smallest absolute Gasteiger partial charge is 0.253 e. The molecule has 2 aromatic heterocycles. The number of hydrogen-bond donors (Lipinski definition) is 1. The second kappa shape index (κ2) is 9.23. The van der Waals surface area contributed by atoms with E-state index in [-0.39, 0.29) is 35.9 Å². The number of Topliss-reactive ketones (excluding diaryl/α,β-unsaturated/α-hetero) is 1. The minimum absolute atomic E-state index is 0.0965. The Morgan fingerprint density at radius 1 is 1.25 bits per heavy atom. The van der Waals surface area contributed by atoms with Gasteiger partial charge in [-0.3, -0.25) is 14.4 Å². The highest BCUT2D eigenvalue weighted by Crippen LogP contribution is 2.18. The number of hydrogen-bond acceptors (Lipinski definition) is 3. The normalized spacial score (nSPS) is 10.7. The molecule has 0 fully saturated rings. The van der Waals surface area contributed by atoms with Crippen molar-refractivity contribution in [2.24, 2.45) is 5.92 Å². The average molecular weight is 381 g/mol. The molecule has 0 radical (unpaired) electrons. The number of nitrogens with one attached hydrogen (secondary N) is 1. The zero-order chi connectivity index (χ0) is 20.8. The Balaban J connectivity index is 2.23. The average Bonchev–Trinajstić information content (AvgIpc) is 2.93. The summed E-state index contributed by atoms with van der Waals surface area (Å²) in [6, 6.07) is 4.57. The van der Waals surface area contributed by atoms with Crippen LogP contribution >= 0.6 is 0 Å². The highest BCUT2D eigenvalue weighted by Gasteiger charge is 2.17. The minimum Gasteiger partial charge on any atom is -0.348 e. The summed E-state index contributed by atoms with van der Waals surface area (Å²) < 4.78 is 3.40. The zero-order valence-electron chi connectivity index (χ0n) is 16.9. The third-order valence-electron chi connectivity index (χ3n) is 4.71. The summed E-state index contributed by atoms with van der Waals surface area (Å²) in [6.45, 7) is 9.06. The van der Waals surface area contributed by atoms with Crippen LogP contribution in [0.5, 0.6) is 0 Å². The SMILES string of the molecule is C#CCNC(=O)c1ccc(=O)n(CC(=O)c2cc(C)n(CCC(C)C)c2C)c1. The van der Waals surface area contributed by atoms with Crippen molar-refractivity contribution in [3.63, 3.8) is 0 Å². The standard InChI is InChI=1S/C22H27N3O3/c1-6-10-23-22(28)18-7-8-21(27)24(13-18)14-20(26)19-12-16(4)25(17(19)5)11-9-15(2)3/h1,7-8,12-13,15H,9-11,14H2,2-5H3,(H,23,28). The Hall–Kier alpha value is -3.07. The van der Waals surface area contributed by atoms with Crippen molar-refractivity contribution in [3.8, 4) is 12.3 Å². The van der Waals surface area contributed by atoms with Crippen molar-refractivity contribution in [2.75, 3.05) is 6.54 Å². The van der Waals surface area contributed by atoms with Gasteiger partial charge in [-0.05, 0) is 38.3 Å². The van der Waals surface area contributed by atoms with Crippen molar-refractivity contribution in [3.05, 3.63) is 57.3 Å². The highest BCUT2D eigenvalue weighted by atomic mass is 16.2. The molecular formula is C22H27N3O3. The topological polar surface area (TPSA) is 73.1 Å². The molecule has 6 heteroatoms. The molecule has 148 valence electrons. The lowest BCUT2D eigenvalue weighted by Gasteiger charge is -2.12. The Morgan fingerprint density at radius 3 is 2.61 bits per heavy atom. The molecule has 0 aliphatic carbocycles. The number of carbonyl (C=O) groups excluding carboxylic acids is 2. The first kappa shape index (κ1) is 21.2. The molecule has 0 spiro atoms. The van der Waals surface area contributed by atoms with Crippen LogP contribution in [-0.2, 0) is 13.1 Å². The molecule has 0 saturated carbocycles. The summed E-state index contributed by atoms with van der Waals surface area (Å²) >= 11 is 0. The van der Waals surface area contributed by atoms with E-state index in [0.29, 0.717) is 11.5 Å². The largest absolute Gasteiger partial charge is 0.348 e. The summed E-state index contributed by atoms with van der Waals surface area (Å²) in [5.74, 6) is 2.35. The molecule has 0 aromatic carbocycles. The number of ketones is 1. The van der Waals surface area contributed by atoms with Gasteiger partial charge in [0.25, 0.3) is 11.5 Å². The number of rotatable bonds is 8. The van der Waals surface area contributed by atoms with Crippen LogP contribution in [-0.4, -0.2) is 27.4 Å². The summed E-state index contributed by atoms with van der Waals surface area (Å²) in [7, 11) is 0. The number of pyridine rings is 1. The van der Waals surface area contributed by atoms with Crippen LogP contribution < -0.4 is 10.9 Å². The van der Waals surface area contributed by atoms with E-state index < -0.39 is 0 Å². The lowest BCUT2D eigenvalue weighted by atomic mass is 10.1. The van der Waals surface area contributed by atoms with E-state index in [1.807, 2.05) is 19.9 Å². The Labute approximate surface area is 165 Å². The van der Waals surface area contributed by atoms with Crippen LogP contribution in [0.4, 0.5) is 0 Å². The number of nitrogens with zero attached hydrogens (tertiary/aromatic N) is 2. The monoisotopic (exact) mass is 381 g/mol. The minimum atomic E-state index is -0.383. The second-order valence-electron chi connectivity index (χ2n) is 7.31. The van der Waals surface area contributed by atoms with Crippen LogP contribution in [0.15, 0.2) is 29.2 Å². The van der Waals surface area contributed by atoms with Crippen molar-refractivity contribution < 1.29 is 9.59 Å². The molecule has 6 nitrogen and oxygen atoms in total. The molecule has 2 heterocycles. The maximum absolute atomic E-state index is 12.8. The molecule has 0 aliphatic rings. The van der Waals surface area contributed by atoms with Crippen molar-refractivity contribution >= 4 is 11.7 Å². The Morgan fingerprint density at radius 2 is 1.96 bits per heavy atom. The Bertz CT molecular complexity index is 974. The van der Waals surface area contributed by atoms with E-state index in [4.69, 9.17) is 6.42 Å². The van der Waals surface area contributed by atoms with Crippen molar-refractivity contribution in [2.45, 2.75) is 47.2 Å². The maximum atomic E-state index is 12.8. The van der Waals surface area contributed by atoms with Crippen LogP contribution in [0.3, 0.4) is 0 Å². The Kier molecular flexibility index (Phi) is 7.00. The molecule has 0 saturated heterocycles. The summed E-state index contributed by atoms with van der Waals surface area (Å²) in [6.07, 6.45) is 7.56. The number of terminal acetylenes is 1. The molecule has 0 unspecified atom stereocenters. The molecule has 1 N–H and O–H groups in total. The van der Waals surface area contributed by atoms with E-state index in [9.17, 15) is 14.4 Å². The molecular weight excluding hydrogens is 354 g/mol. The first-order valence-electron chi connectivity index (χ1n) is 9.36. The summed E-state index contributed by atoms with van der Waals surface area (Å²) in [5.41, 5.74) is 2.48. The van der Waals surface area contributed by atoms with Gasteiger partial charge in [0.05, 0.1) is 18.7 Å².